The Labute approximate surface area is 212 Å². The van der Waals surface area contributed by atoms with Crippen molar-refractivity contribution in [3.63, 3.8) is 0 Å². The van der Waals surface area contributed by atoms with Crippen LogP contribution in [-0.4, -0.2) is 85.5 Å². The summed E-state index contributed by atoms with van der Waals surface area (Å²) in [5.74, 6) is 0.513. The number of sulfonamides is 1. The van der Waals surface area contributed by atoms with Gasteiger partial charge in [-0.05, 0) is 49.6 Å². The average Bonchev–Trinajstić information content (AvgIpc) is 3.37. The van der Waals surface area contributed by atoms with Gasteiger partial charge < -0.3 is 19.7 Å². The molecule has 2 aromatic rings. The monoisotopic (exact) mass is 518 g/mol. The maximum absolute atomic E-state index is 13.5. The highest BCUT2D eigenvalue weighted by Crippen LogP contribution is 2.25. The molecule has 9 nitrogen and oxygen atoms in total. The highest BCUT2D eigenvalue weighted by atomic mass is 32.2. The fourth-order valence-electron chi connectivity index (χ4n) is 4.36. The molecule has 1 saturated heterocycles. The van der Waals surface area contributed by atoms with Crippen LogP contribution in [0, 0.1) is 0 Å². The summed E-state index contributed by atoms with van der Waals surface area (Å²) in [6, 6.07) is 13.9. The summed E-state index contributed by atoms with van der Waals surface area (Å²) in [7, 11) is -2.53. The molecule has 1 aliphatic rings. The second kappa shape index (κ2) is 12.4. The first kappa shape index (κ1) is 27.7. The number of aliphatic hydroxyl groups excluding tert-OH is 1. The Kier molecular flexibility index (Phi) is 9.49. The summed E-state index contributed by atoms with van der Waals surface area (Å²) in [6.45, 7) is 5.86. The predicted molar refractivity (Wildman–Crippen MR) is 136 cm³/mol. The van der Waals surface area contributed by atoms with Gasteiger partial charge in [-0.3, -0.25) is 4.90 Å². The van der Waals surface area contributed by atoms with E-state index in [-0.39, 0.29) is 31.0 Å². The summed E-state index contributed by atoms with van der Waals surface area (Å²) < 4.78 is 38.7. The molecule has 10 heteroatoms. The highest BCUT2D eigenvalue weighted by Gasteiger charge is 2.39. The van der Waals surface area contributed by atoms with E-state index in [1.54, 1.807) is 19.1 Å². The van der Waals surface area contributed by atoms with Crippen LogP contribution in [0.3, 0.4) is 0 Å². The zero-order valence-corrected chi connectivity index (χ0v) is 21.4. The van der Waals surface area contributed by atoms with Crippen LogP contribution >= 0.6 is 0 Å². The summed E-state index contributed by atoms with van der Waals surface area (Å²) in [5, 5.41) is 21.5. The van der Waals surface area contributed by atoms with E-state index in [1.165, 1.54) is 24.1 Å². The van der Waals surface area contributed by atoms with E-state index in [2.05, 4.69) is 6.58 Å². The largest absolute Gasteiger partial charge is 0.497 e. The first-order valence-electron chi connectivity index (χ1n) is 11.7. The van der Waals surface area contributed by atoms with Gasteiger partial charge in [-0.2, -0.15) is 4.31 Å². The van der Waals surface area contributed by atoms with Crippen LogP contribution in [-0.2, 0) is 21.2 Å². The van der Waals surface area contributed by atoms with Crippen molar-refractivity contribution in [1.29, 1.82) is 0 Å². The molecule has 0 aliphatic carbocycles. The van der Waals surface area contributed by atoms with E-state index in [4.69, 9.17) is 9.47 Å². The number of methoxy groups -OCH3 is 1. The van der Waals surface area contributed by atoms with Gasteiger partial charge in [0.05, 0.1) is 36.8 Å². The van der Waals surface area contributed by atoms with Crippen molar-refractivity contribution in [3.8, 4) is 5.75 Å². The van der Waals surface area contributed by atoms with Gasteiger partial charge >= 0.3 is 6.09 Å². The van der Waals surface area contributed by atoms with Gasteiger partial charge in [0.15, 0.2) is 0 Å². The molecule has 3 atom stereocenters. The summed E-state index contributed by atoms with van der Waals surface area (Å²) in [4.78, 5) is 13.6. The topological polar surface area (TPSA) is 117 Å². The number of ether oxygens (including phenoxy) is 2. The van der Waals surface area contributed by atoms with Crippen LogP contribution in [0.5, 0.6) is 5.75 Å². The molecular weight excluding hydrogens is 484 g/mol. The van der Waals surface area contributed by atoms with Gasteiger partial charge in [0.2, 0.25) is 10.0 Å². The number of rotatable bonds is 12. The molecule has 0 aromatic heterocycles. The van der Waals surface area contributed by atoms with E-state index in [0.717, 1.165) is 9.87 Å². The van der Waals surface area contributed by atoms with Gasteiger partial charge in [-0.15, -0.1) is 0 Å². The summed E-state index contributed by atoms with van der Waals surface area (Å²) in [5.41, 5.74) is 1.41. The second-order valence-electron chi connectivity index (χ2n) is 8.96. The van der Waals surface area contributed by atoms with E-state index >= 15 is 0 Å². The lowest BCUT2D eigenvalue weighted by Gasteiger charge is -2.38. The molecule has 1 fully saturated rings. The number of amides is 1. The van der Waals surface area contributed by atoms with Gasteiger partial charge in [0.25, 0.3) is 0 Å². The van der Waals surface area contributed by atoms with Crippen molar-refractivity contribution >= 4 is 16.1 Å². The van der Waals surface area contributed by atoms with Gasteiger partial charge in [-0.1, -0.05) is 42.5 Å². The zero-order chi connectivity index (χ0) is 26.3. The normalized spacial score (nSPS) is 17.5. The number of carbonyl (C=O) groups is 1. The molecule has 0 bridgehead atoms. The Hall–Kier alpha value is -2.92. The lowest BCUT2D eigenvalue weighted by atomic mass is 9.97. The first-order chi connectivity index (χ1) is 17.1. The molecule has 0 unspecified atom stereocenters. The Morgan fingerprint density at radius 3 is 2.39 bits per heavy atom. The van der Waals surface area contributed by atoms with Crippen LogP contribution in [0.15, 0.2) is 71.6 Å². The maximum atomic E-state index is 13.5. The maximum Gasteiger partial charge on any atom is 0.407 e. The fraction of sp³-hybridized carbons (Fsp3) is 0.423. The summed E-state index contributed by atoms with van der Waals surface area (Å²) >= 11 is 0. The van der Waals surface area contributed by atoms with Crippen molar-refractivity contribution < 1.29 is 32.9 Å². The number of aliphatic hydroxyl groups is 1. The van der Waals surface area contributed by atoms with E-state index in [9.17, 15) is 23.4 Å². The molecule has 3 rings (SSSR count). The molecule has 1 heterocycles. The molecule has 36 heavy (non-hydrogen) atoms. The molecule has 2 aromatic carbocycles. The lowest BCUT2D eigenvalue weighted by molar-refractivity contribution is 0.0176. The smallest absolute Gasteiger partial charge is 0.407 e. The van der Waals surface area contributed by atoms with E-state index in [1.807, 2.05) is 30.3 Å². The molecule has 2 N–H and O–H groups in total. The Balaban J connectivity index is 1.94. The quantitative estimate of drug-likeness (QED) is 0.415. The van der Waals surface area contributed by atoms with E-state index < -0.39 is 34.3 Å². The Bertz CT molecular complexity index is 1120. The number of hydrogen-bond donors (Lipinski definition) is 2. The van der Waals surface area contributed by atoms with Crippen molar-refractivity contribution in [2.24, 2.45) is 0 Å². The van der Waals surface area contributed by atoms with Crippen LogP contribution < -0.4 is 4.74 Å². The first-order valence-corrected chi connectivity index (χ1v) is 13.2. The van der Waals surface area contributed by atoms with Crippen LogP contribution in [0.1, 0.15) is 18.9 Å². The molecule has 0 saturated carbocycles. The van der Waals surface area contributed by atoms with Crippen molar-refractivity contribution in [2.45, 2.75) is 42.8 Å². The SMILES string of the molecule is C=C(C)CN(C[C@@H](O)[C@H](Cc1ccccc1)N(C(=O)O)[C@H]1CCOC1)S(=O)(=O)c1ccc(OC)cc1. The molecule has 196 valence electrons. The second-order valence-corrected chi connectivity index (χ2v) is 10.9. The molecule has 1 amide bonds. The predicted octanol–water partition coefficient (Wildman–Crippen LogP) is 3.00. The van der Waals surface area contributed by atoms with Gasteiger partial charge in [0.1, 0.15) is 5.75 Å². The number of nitrogens with zero attached hydrogens (tertiary/aromatic N) is 2. The number of carboxylic acid groups (broad SMARTS) is 1. The highest BCUT2D eigenvalue weighted by molar-refractivity contribution is 7.89. The minimum atomic E-state index is -4.02. The summed E-state index contributed by atoms with van der Waals surface area (Å²) in [6.07, 6.45) is -1.78. The van der Waals surface area contributed by atoms with Crippen molar-refractivity contribution in [1.82, 2.24) is 9.21 Å². The lowest BCUT2D eigenvalue weighted by Crippen LogP contribution is -2.56. The van der Waals surface area contributed by atoms with E-state index in [0.29, 0.717) is 24.4 Å². The molecule has 0 radical (unpaired) electrons. The minimum absolute atomic E-state index is 0.0247. The number of hydrogen-bond acceptors (Lipinski definition) is 6. The number of benzene rings is 2. The molecule has 1 aliphatic heterocycles. The Morgan fingerprint density at radius 2 is 1.86 bits per heavy atom. The third kappa shape index (κ3) is 6.85. The third-order valence-electron chi connectivity index (χ3n) is 6.14. The Morgan fingerprint density at radius 1 is 1.19 bits per heavy atom. The zero-order valence-electron chi connectivity index (χ0n) is 20.6. The van der Waals surface area contributed by atoms with Crippen LogP contribution in [0.2, 0.25) is 0 Å². The third-order valence-corrected chi connectivity index (χ3v) is 7.97. The van der Waals surface area contributed by atoms with Crippen LogP contribution in [0.4, 0.5) is 4.79 Å². The van der Waals surface area contributed by atoms with Gasteiger partial charge in [0, 0.05) is 19.7 Å². The minimum Gasteiger partial charge on any atom is -0.497 e. The fourth-order valence-corrected chi connectivity index (χ4v) is 5.88. The van der Waals surface area contributed by atoms with Gasteiger partial charge in [-0.25, -0.2) is 13.2 Å². The average molecular weight is 519 g/mol. The molecule has 0 spiro atoms. The standard InChI is InChI=1S/C26H34N2O7S/c1-19(2)16-27(36(32,33)23-11-9-22(34-3)10-12-23)17-25(29)24(15-20-7-5-4-6-8-20)28(26(30)31)21-13-14-35-18-21/h4-12,21,24-25,29H,1,13-18H2,2-3H3,(H,30,31)/t21-,24-,25+/m0/s1. The van der Waals surface area contributed by atoms with Crippen LogP contribution in [0.25, 0.3) is 0 Å². The van der Waals surface area contributed by atoms with Crippen molar-refractivity contribution in [3.05, 3.63) is 72.3 Å². The molecular formula is C26H34N2O7S. The van der Waals surface area contributed by atoms with Crippen molar-refractivity contribution in [2.75, 3.05) is 33.4 Å².